The summed E-state index contributed by atoms with van der Waals surface area (Å²) in [6.45, 7) is 6.17. The van der Waals surface area contributed by atoms with E-state index in [1.54, 1.807) is 24.3 Å². The SMILES string of the molecule is CCC(NC(=O)Nc1ccc(C=CC(=O)O)cc1)C(C)C. The first-order valence-electron chi connectivity index (χ1n) is 7.01. The Labute approximate surface area is 125 Å². The molecule has 0 bridgehead atoms. The number of carboxylic acid groups (broad SMARTS) is 1. The highest BCUT2D eigenvalue weighted by Gasteiger charge is 2.13. The quantitative estimate of drug-likeness (QED) is 0.703. The van der Waals surface area contributed by atoms with Gasteiger partial charge in [-0.25, -0.2) is 9.59 Å². The van der Waals surface area contributed by atoms with Crippen molar-refractivity contribution < 1.29 is 14.7 Å². The van der Waals surface area contributed by atoms with Gasteiger partial charge in [-0.15, -0.1) is 0 Å². The molecule has 5 heteroatoms. The standard InChI is InChI=1S/C16H22N2O3/c1-4-14(11(2)3)18-16(21)17-13-8-5-12(6-9-13)7-10-15(19)20/h5-11,14H,4H2,1-3H3,(H,19,20)(H2,17,18,21). The average molecular weight is 290 g/mol. The minimum Gasteiger partial charge on any atom is -0.478 e. The average Bonchev–Trinajstić information content (AvgIpc) is 2.43. The highest BCUT2D eigenvalue weighted by Crippen LogP contribution is 2.11. The molecular weight excluding hydrogens is 268 g/mol. The zero-order valence-corrected chi connectivity index (χ0v) is 12.6. The van der Waals surface area contributed by atoms with Crippen molar-refractivity contribution in [3.05, 3.63) is 35.9 Å². The number of urea groups is 1. The van der Waals surface area contributed by atoms with Gasteiger partial charge in [0.15, 0.2) is 0 Å². The van der Waals surface area contributed by atoms with Crippen LogP contribution in [0, 0.1) is 5.92 Å². The summed E-state index contributed by atoms with van der Waals surface area (Å²) in [7, 11) is 0. The first-order chi connectivity index (χ1) is 9.92. The molecule has 1 unspecified atom stereocenters. The minimum atomic E-state index is -0.990. The lowest BCUT2D eigenvalue weighted by Gasteiger charge is -2.20. The van der Waals surface area contributed by atoms with E-state index in [-0.39, 0.29) is 12.1 Å². The summed E-state index contributed by atoms with van der Waals surface area (Å²) in [4.78, 5) is 22.3. The zero-order valence-electron chi connectivity index (χ0n) is 12.6. The maximum Gasteiger partial charge on any atom is 0.328 e. The van der Waals surface area contributed by atoms with Crippen LogP contribution in [-0.2, 0) is 4.79 Å². The molecule has 2 amide bonds. The van der Waals surface area contributed by atoms with E-state index in [1.165, 1.54) is 6.08 Å². The highest BCUT2D eigenvalue weighted by molar-refractivity contribution is 5.90. The Morgan fingerprint density at radius 2 is 1.86 bits per heavy atom. The van der Waals surface area contributed by atoms with Gasteiger partial charge in [0.1, 0.15) is 0 Å². The Bertz CT molecular complexity index is 507. The Morgan fingerprint density at radius 3 is 2.33 bits per heavy atom. The molecule has 1 atom stereocenters. The number of carboxylic acids is 1. The molecule has 0 heterocycles. The third kappa shape index (κ3) is 6.12. The van der Waals surface area contributed by atoms with Gasteiger partial charge in [-0.05, 0) is 36.1 Å². The zero-order chi connectivity index (χ0) is 15.8. The molecule has 1 rings (SSSR count). The van der Waals surface area contributed by atoms with E-state index in [0.717, 1.165) is 18.1 Å². The number of hydrogen-bond donors (Lipinski definition) is 3. The third-order valence-corrected chi connectivity index (χ3v) is 3.15. The van der Waals surface area contributed by atoms with E-state index >= 15 is 0 Å². The second-order valence-corrected chi connectivity index (χ2v) is 5.15. The maximum atomic E-state index is 11.9. The molecule has 5 nitrogen and oxygen atoms in total. The monoisotopic (exact) mass is 290 g/mol. The number of rotatable bonds is 6. The van der Waals surface area contributed by atoms with Crippen molar-refractivity contribution >= 4 is 23.8 Å². The lowest BCUT2D eigenvalue weighted by molar-refractivity contribution is -0.131. The lowest BCUT2D eigenvalue weighted by atomic mass is 10.0. The van der Waals surface area contributed by atoms with Crippen LogP contribution >= 0.6 is 0 Å². The number of benzene rings is 1. The number of aliphatic carboxylic acids is 1. The molecule has 21 heavy (non-hydrogen) atoms. The number of anilines is 1. The third-order valence-electron chi connectivity index (χ3n) is 3.15. The fourth-order valence-corrected chi connectivity index (χ4v) is 1.92. The summed E-state index contributed by atoms with van der Waals surface area (Å²) in [5.74, 6) is -0.611. The fourth-order valence-electron chi connectivity index (χ4n) is 1.92. The Balaban J connectivity index is 2.59. The van der Waals surface area contributed by atoms with Gasteiger partial charge < -0.3 is 15.7 Å². The Hall–Kier alpha value is -2.30. The molecule has 0 aromatic heterocycles. The van der Waals surface area contributed by atoms with E-state index in [9.17, 15) is 9.59 Å². The molecule has 0 aliphatic heterocycles. The van der Waals surface area contributed by atoms with E-state index < -0.39 is 5.97 Å². The molecule has 114 valence electrons. The summed E-state index contributed by atoms with van der Waals surface area (Å²) in [5, 5.41) is 14.2. The van der Waals surface area contributed by atoms with Crippen LogP contribution in [0.3, 0.4) is 0 Å². The van der Waals surface area contributed by atoms with E-state index in [1.807, 2.05) is 6.92 Å². The minimum absolute atomic E-state index is 0.141. The van der Waals surface area contributed by atoms with Gasteiger partial charge in [-0.3, -0.25) is 0 Å². The largest absolute Gasteiger partial charge is 0.478 e. The predicted octanol–water partition coefficient (Wildman–Crippen LogP) is 3.34. The number of carbonyl (C=O) groups excluding carboxylic acids is 1. The maximum absolute atomic E-state index is 11.9. The van der Waals surface area contributed by atoms with Crippen LogP contribution in [0.2, 0.25) is 0 Å². The number of carbonyl (C=O) groups is 2. The Morgan fingerprint density at radius 1 is 1.24 bits per heavy atom. The molecule has 0 aliphatic carbocycles. The summed E-state index contributed by atoms with van der Waals surface area (Å²) < 4.78 is 0. The summed E-state index contributed by atoms with van der Waals surface area (Å²) >= 11 is 0. The van der Waals surface area contributed by atoms with Gasteiger partial charge in [0, 0.05) is 17.8 Å². The normalized spacial score (nSPS) is 12.4. The van der Waals surface area contributed by atoms with E-state index in [2.05, 4.69) is 24.5 Å². The lowest BCUT2D eigenvalue weighted by Crippen LogP contribution is -2.40. The van der Waals surface area contributed by atoms with Crippen LogP contribution < -0.4 is 10.6 Å². The van der Waals surface area contributed by atoms with Crippen molar-refractivity contribution in [3.8, 4) is 0 Å². The van der Waals surface area contributed by atoms with Gasteiger partial charge in [0.2, 0.25) is 0 Å². The van der Waals surface area contributed by atoms with Crippen molar-refractivity contribution in [2.24, 2.45) is 5.92 Å². The smallest absolute Gasteiger partial charge is 0.328 e. The highest BCUT2D eigenvalue weighted by atomic mass is 16.4. The Kier molecular flexibility index (Phi) is 6.46. The predicted molar refractivity (Wildman–Crippen MR) is 84.2 cm³/mol. The number of amides is 2. The number of hydrogen-bond acceptors (Lipinski definition) is 2. The molecule has 0 fully saturated rings. The second-order valence-electron chi connectivity index (χ2n) is 5.15. The molecule has 0 saturated carbocycles. The summed E-state index contributed by atoms with van der Waals surface area (Å²) in [6, 6.07) is 6.87. The van der Waals surface area contributed by atoms with Gasteiger partial charge in [-0.2, -0.15) is 0 Å². The molecule has 1 aromatic rings. The summed E-state index contributed by atoms with van der Waals surface area (Å²) in [5.41, 5.74) is 1.43. The van der Waals surface area contributed by atoms with Crippen LogP contribution in [0.1, 0.15) is 32.8 Å². The van der Waals surface area contributed by atoms with Gasteiger partial charge in [0.05, 0.1) is 0 Å². The first kappa shape index (κ1) is 16.8. The molecule has 0 saturated heterocycles. The van der Waals surface area contributed by atoms with Gasteiger partial charge in [-0.1, -0.05) is 32.9 Å². The summed E-state index contributed by atoms with van der Waals surface area (Å²) in [6.07, 6.45) is 3.45. The van der Waals surface area contributed by atoms with Crippen LogP contribution in [-0.4, -0.2) is 23.1 Å². The van der Waals surface area contributed by atoms with Crippen LogP contribution in [0.5, 0.6) is 0 Å². The molecule has 0 radical (unpaired) electrons. The molecule has 0 spiro atoms. The van der Waals surface area contributed by atoms with Crippen molar-refractivity contribution in [1.82, 2.24) is 5.32 Å². The van der Waals surface area contributed by atoms with Crippen molar-refractivity contribution in [1.29, 1.82) is 0 Å². The topological polar surface area (TPSA) is 78.4 Å². The molecule has 3 N–H and O–H groups in total. The molecular formula is C16H22N2O3. The van der Waals surface area contributed by atoms with Gasteiger partial charge in [0.25, 0.3) is 0 Å². The van der Waals surface area contributed by atoms with E-state index in [4.69, 9.17) is 5.11 Å². The fraction of sp³-hybridized carbons (Fsp3) is 0.375. The van der Waals surface area contributed by atoms with Crippen molar-refractivity contribution in [3.63, 3.8) is 0 Å². The van der Waals surface area contributed by atoms with Crippen molar-refractivity contribution in [2.75, 3.05) is 5.32 Å². The van der Waals surface area contributed by atoms with Crippen LogP contribution in [0.4, 0.5) is 10.5 Å². The van der Waals surface area contributed by atoms with Gasteiger partial charge >= 0.3 is 12.0 Å². The molecule has 0 aliphatic rings. The first-order valence-corrected chi connectivity index (χ1v) is 7.01. The number of nitrogens with one attached hydrogen (secondary N) is 2. The van der Waals surface area contributed by atoms with Crippen LogP contribution in [0.15, 0.2) is 30.3 Å². The van der Waals surface area contributed by atoms with Crippen LogP contribution in [0.25, 0.3) is 6.08 Å². The van der Waals surface area contributed by atoms with E-state index in [0.29, 0.717) is 11.6 Å². The van der Waals surface area contributed by atoms with Crippen molar-refractivity contribution in [2.45, 2.75) is 33.2 Å². The second kappa shape index (κ2) is 8.09. The molecule has 1 aromatic carbocycles.